The maximum Gasteiger partial charge on any atom is 0.251 e. The minimum absolute atomic E-state index is 0.00538. The van der Waals surface area contributed by atoms with Crippen molar-refractivity contribution >= 4 is 40.2 Å². The lowest BCUT2D eigenvalue weighted by Gasteiger charge is -2.45. The zero-order chi connectivity index (χ0) is 31.0. The van der Waals surface area contributed by atoms with Gasteiger partial charge in [0.05, 0.1) is 0 Å². The molecule has 2 aliphatic heterocycles. The quantitative estimate of drug-likeness (QED) is 0.195. The first kappa shape index (κ1) is 28.5. The Kier molecular flexibility index (Phi) is 6.41. The summed E-state index contributed by atoms with van der Waals surface area (Å²) in [6, 6.07) is 40.0. The van der Waals surface area contributed by atoms with E-state index in [-0.39, 0.29) is 23.0 Å². The van der Waals surface area contributed by atoms with Crippen molar-refractivity contribution in [2.24, 2.45) is 0 Å². The molecule has 2 aliphatic rings. The molecule has 220 valence electrons. The van der Waals surface area contributed by atoms with Crippen LogP contribution in [0.4, 0.5) is 17.1 Å². The fraction of sp³-hybridized carbons (Fsp3) is 0.268. The van der Waals surface area contributed by atoms with Gasteiger partial charge in [0.1, 0.15) is 11.5 Å². The zero-order valence-electron chi connectivity index (χ0n) is 27.3. The van der Waals surface area contributed by atoms with Gasteiger partial charge in [0.2, 0.25) is 0 Å². The highest BCUT2D eigenvalue weighted by atomic mass is 16.5. The highest BCUT2D eigenvalue weighted by Gasteiger charge is 2.47. The SMILES string of the molecule is CC(C)(C)c1ccc2c(c1)B1c3cc(N(c4ccccc4)c4ccccc4)ccc3C(C)(C)c3c(C(C)(C)C)ccc(c31)O2. The molecular weight excluding hydrogens is 533 g/mol. The van der Waals surface area contributed by atoms with Gasteiger partial charge in [-0.25, -0.2) is 0 Å². The molecule has 0 atom stereocenters. The first-order chi connectivity index (χ1) is 20.9. The van der Waals surface area contributed by atoms with E-state index in [1.165, 1.54) is 38.6 Å². The Morgan fingerprint density at radius 2 is 1.20 bits per heavy atom. The molecular formula is C41H42BNO. The number of fused-ring (bicyclic) bond motifs is 4. The summed E-state index contributed by atoms with van der Waals surface area (Å²) in [4.78, 5) is 2.38. The fourth-order valence-electron chi connectivity index (χ4n) is 7.44. The van der Waals surface area contributed by atoms with Crippen LogP contribution in [0.15, 0.2) is 109 Å². The van der Waals surface area contributed by atoms with E-state index in [0.717, 1.165) is 28.6 Å². The molecule has 0 saturated heterocycles. The second kappa shape index (κ2) is 9.89. The number of hydrogen-bond acceptors (Lipinski definition) is 2. The van der Waals surface area contributed by atoms with E-state index in [1.807, 2.05) is 0 Å². The third-order valence-corrected chi connectivity index (χ3v) is 9.64. The summed E-state index contributed by atoms with van der Waals surface area (Å²) in [6.45, 7) is 18.8. The van der Waals surface area contributed by atoms with E-state index >= 15 is 0 Å². The van der Waals surface area contributed by atoms with Crippen LogP contribution >= 0.6 is 0 Å². The normalized spacial score (nSPS) is 14.7. The zero-order valence-corrected chi connectivity index (χ0v) is 27.3. The first-order valence-corrected chi connectivity index (χ1v) is 15.9. The van der Waals surface area contributed by atoms with E-state index in [1.54, 1.807) is 0 Å². The lowest BCUT2D eigenvalue weighted by Crippen LogP contribution is -2.63. The Morgan fingerprint density at radius 3 is 1.80 bits per heavy atom. The predicted molar refractivity (Wildman–Crippen MR) is 188 cm³/mol. The van der Waals surface area contributed by atoms with E-state index in [2.05, 4.69) is 169 Å². The Morgan fingerprint density at radius 1 is 0.591 bits per heavy atom. The van der Waals surface area contributed by atoms with Crippen molar-refractivity contribution in [3.05, 3.63) is 131 Å². The number of para-hydroxylation sites is 2. The largest absolute Gasteiger partial charge is 0.458 e. The van der Waals surface area contributed by atoms with Gasteiger partial charge in [0.25, 0.3) is 6.71 Å². The highest BCUT2D eigenvalue weighted by molar-refractivity contribution is 6.98. The van der Waals surface area contributed by atoms with Gasteiger partial charge in [0, 0.05) is 22.5 Å². The second-order valence-electron chi connectivity index (χ2n) is 15.1. The van der Waals surface area contributed by atoms with Gasteiger partial charge >= 0.3 is 0 Å². The van der Waals surface area contributed by atoms with E-state index < -0.39 is 0 Å². The van der Waals surface area contributed by atoms with Gasteiger partial charge in [-0.05, 0) is 92.5 Å². The van der Waals surface area contributed by atoms with Gasteiger partial charge < -0.3 is 9.64 Å². The molecule has 0 amide bonds. The summed E-state index contributed by atoms with van der Waals surface area (Å²) in [6.07, 6.45) is 0. The van der Waals surface area contributed by atoms with Gasteiger partial charge in [0.15, 0.2) is 0 Å². The molecule has 5 aromatic carbocycles. The molecule has 5 aromatic rings. The molecule has 0 unspecified atom stereocenters. The van der Waals surface area contributed by atoms with Gasteiger partial charge in [-0.1, -0.05) is 122 Å². The fourth-order valence-corrected chi connectivity index (χ4v) is 7.44. The number of benzene rings is 5. The molecule has 0 aromatic heterocycles. The van der Waals surface area contributed by atoms with Crippen LogP contribution in [0.2, 0.25) is 0 Å². The average Bonchev–Trinajstić information content (AvgIpc) is 2.99. The summed E-state index contributed by atoms with van der Waals surface area (Å²) in [5, 5.41) is 0. The van der Waals surface area contributed by atoms with Crippen molar-refractivity contribution in [1.29, 1.82) is 0 Å². The highest BCUT2D eigenvalue weighted by Crippen LogP contribution is 2.45. The molecule has 0 N–H and O–H groups in total. The van der Waals surface area contributed by atoms with Crippen molar-refractivity contribution in [3.63, 3.8) is 0 Å². The monoisotopic (exact) mass is 575 g/mol. The molecule has 2 nitrogen and oxygen atoms in total. The van der Waals surface area contributed by atoms with Crippen LogP contribution in [0.3, 0.4) is 0 Å². The Balaban J connectivity index is 1.54. The van der Waals surface area contributed by atoms with E-state index in [4.69, 9.17) is 4.74 Å². The second-order valence-corrected chi connectivity index (χ2v) is 15.1. The van der Waals surface area contributed by atoms with E-state index in [9.17, 15) is 0 Å². The number of anilines is 3. The third kappa shape index (κ3) is 4.48. The third-order valence-electron chi connectivity index (χ3n) is 9.64. The van der Waals surface area contributed by atoms with Crippen LogP contribution < -0.4 is 26.0 Å². The van der Waals surface area contributed by atoms with Crippen molar-refractivity contribution in [2.45, 2.75) is 71.6 Å². The topological polar surface area (TPSA) is 12.5 Å². The molecule has 0 aliphatic carbocycles. The molecule has 44 heavy (non-hydrogen) atoms. The maximum absolute atomic E-state index is 6.77. The van der Waals surface area contributed by atoms with Crippen LogP contribution in [-0.2, 0) is 16.2 Å². The van der Waals surface area contributed by atoms with Crippen molar-refractivity contribution in [2.75, 3.05) is 4.90 Å². The maximum atomic E-state index is 6.77. The molecule has 2 heterocycles. The van der Waals surface area contributed by atoms with Crippen molar-refractivity contribution in [3.8, 4) is 11.5 Å². The Hall–Kier alpha value is -4.24. The number of ether oxygens (including phenoxy) is 1. The van der Waals surface area contributed by atoms with Crippen molar-refractivity contribution in [1.82, 2.24) is 0 Å². The molecule has 0 saturated carbocycles. The smallest absolute Gasteiger partial charge is 0.251 e. The van der Waals surface area contributed by atoms with Crippen LogP contribution in [0.1, 0.15) is 77.6 Å². The summed E-state index contributed by atoms with van der Waals surface area (Å²) >= 11 is 0. The minimum Gasteiger partial charge on any atom is -0.458 e. The molecule has 0 spiro atoms. The van der Waals surface area contributed by atoms with E-state index in [0.29, 0.717) is 0 Å². The first-order valence-electron chi connectivity index (χ1n) is 15.9. The predicted octanol–water partition coefficient (Wildman–Crippen LogP) is 9.01. The van der Waals surface area contributed by atoms with Crippen molar-refractivity contribution < 1.29 is 4.74 Å². The van der Waals surface area contributed by atoms with Crippen LogP contribution in [0.25, 0.3) is 0 Å². The molecule has 0 bridgehead atoms. The van der Waals surface area contributed by atoms with Crippen LogP contribution in [0.5, 0.6) is 11.5 Å². The lowest BCUT2D eigenvalue weighted by molar-refractivity contribution is 0.479. The van der Waals surface area contributed by atoms with Gasteiger partial charge in [-0.3, -0.25) is 0 Å². The number of nitrogens with zero attached hydrogens (tertiary/aromatic N) is 1. The minimum atomic E-state index is -0.203. The average molecular weight is 576 g/mol. The Labute approximate surface area is 263 Å². The number of rotatable bonds is 3. The van der Waals surface area contributed by atoms with Gasteiger partial charge in [-0.15, -0.1) is 0 Å². The molecule has 0 fully saturated rings. The van der Waals surface area contributed by atoms with Crippen LogP contribution in [0, 0.1) is 0 Å². The standard InChI is InChI=1S/C41H42BNO/c1-39(2,3)27-19-23-35-34(25-27)42-33-26-30(43(28-15-11-9-12-16-28)29-17-13-10-14-18-29)20-21-31(33)41(7,8)37-32(40(4,5)6)22-24-36(44-35)38(37)42/h9-26H,1-8H3. The number of hydrogen-bond donors (Lipinski definition) is 0. The molecule has 0 radical (unpaired) electrons. The summed E-state index contributed by atoms with van der Waals surface area (Å²) in [7, 11) is 0. The molecule has 3 heteroatoms. The van der Waals surface area contributed by atoms with Gasteiger partial charge in [-0.2, -0.15) is 0 Å². The Bertz CT molecular complexity index is 1840. The molecule has 7 rings (SSSR count). The summed E-state index contributed by atoms with van der Waals surface area (Å²) in [5.74, 6) is 1.95. The lowest BCUT2D eigenvalue weighted by atomic mass is 9.30. The van der Waals surface area contributed by atoms with Crippen LogP contribution in [-0.4, -0.2) is 6.71 Å². The summed E-state index contributed by atoms with van der Waals surface area (Å²) < 4.78 is 6.77. The summed E-state index contributed by atoms with van der Waals surface area (Å²) in [5.41, 5.74) is 12.8.